The molecule has 254 valence electrons. The van der Waals surface area contributed by atoms with Crippen LogP contribution >= 0.6 is 12.4 Å². The first kappa shape index (κ1) is 35.1. The van der Waals surface area contributed by atoms with Crippen molar-refractivity contribution >= 4 is 40.7 Å². The van der Waals surface area contributed by atoms with Crippen LogP contribution in [0.15, 0.2) is 42.5 Å². The molecule has 2 aromatic carbocycles. The lowest BCUT2D eigenvalue weighted by atomic mass is 9.43. The lowest BCUT2D eigenvalue weighted by Crippen LogP contribution is -2.63. The Morgan fingerprint density at radius 1 is 0.957 bits per heavy atom. The van der Waals surface area contributed by atoms with Crippen LogP contribution in [0.3, 0.4) is 0 Å². The second kappa shape index (κ2) is 14.1. The maximum Gasteiger partial charge on any atom is 0.224 e. The Labute approximate surface area is 281 Å². The van der Waals surface area contributed by atoms with Crippen molar-refractivity contribution in [2.24, 2.45) is 52.1 Å². The van der Waals surface area contributed by atoms with Crippen molar-refractivity contribution in [3.05, 3.63) is 42.5 Å². The summed E-state index contributed by atoms with van der Waals surface area (Å²) >= 11 is 0. The number of amides is 2. The molecule has 0 heterocycles. The Kier molecular flexibility index (Phi) is 10.8. The molecule has 0 aromatic heterocycles. The average molecular weight is 654 g/mol. The van der Waals surface area contributed by atoms with Gasteiger partial charge in [0.05, 0.1) is 12.2 Å². The van der Waals surface area contributed by atoms with E-state index in [-0.39, 0.29) is 65.0 Å². The third-order valence-corrected chi connectivity index (χ3v) is 13.4. The highest BCUT2D eigenvalue weighted by Gasteiger charge is 2.65. The molecule has 0 spiro atoms. The second-order valence-corrected chi connectivity index (χ2v) is 15.6. The van der Waals surface area contributed by atoms with Crippen LogP contribution in [0.4, 0.5) is 5.69 Å². The maximum absolute atomic E-state index is 13.1. The van der Waals surface area contributed by atoms with Gasteiger partial charge >= 0.3 is 0 Å². The van der Waals surface area contributed by atoms with E-state index in [0.717, 1.165) is 67.8 Å². The van der Waals surface area contributed by atoms with E-state index in [1.54, 1.807) is 0 Å². The number of nitrogens with one attached hydrogen (secondary N) is 2. The van der Waals surface area contributed by atoms with Crippen LogP contribution in [0.5, 0.6) is 0 Å². The summed E-state index contributed by atoms with van der Waals surface area (Å²) in [5, 5.41) is 32.3. The largest absolute Gasteiger partial charge is 0.393 e. The molecule has 0 bridgehead atoms. The molecule has 4 saturated carbocycles. The van der Waals surface area contributed by atoms with E-state index in [0.29, 0.717) is 43.6 Å². The molecule has 6 N–H and O–H groups in total. The van der Waals surface area contributed by atoms with E-state index in [2.05, 4.69) is 43.5 Å². The summed E-state index contributed by atoms with van der Waals surface area (Å²) in [7, 11) is 0. The number of nitrogens with two attached hydrogens (primary N) is 1. The van der Waals surface area contributed by atoms with Crippen LogP contribution in [0, 0.1) is 46.3 Å². The fourth-order valence-electron chi connectivity index (χ4n) is 11.0. The first-order valence-corrected chi connectivity index (χ1v) is 17.7. The number of anilines is 1. The highest BCUT2D eigenvalue weighted by molar-refractivity contribution is 6.02. The molecule has 6 rings (SSSR count). The number of carbonyl (C=O) groups excluding carboxylic acids is 2. The van der Waals surface area contributed by atoms with Gasteiger partial charge in [0.25, 0.3) is 0 Å². The fraction of sp³-hybridized carbons (Fsp3) is 0.684. The molecule has 8 heteroatoms. The highest BCUT2D eigenvalue weighted by atomic mass is 35.5. The quantitative estimate of drug-likeness (QED) is 0.213. The van der Waals surface area contributed by atoms with Crippen LogP contribution < -0.4 is 16.4 Å². The Balaban J connectivity index is 0.00000417. The van der Waals surface area contributed by atoms with Crippen LogP contribution in [0.1, 0.15) is 91.4 Å². The van der Waals surface area contributed by atoms with E-state index in [1.807, 2.05) is 30.3 Å². The minimum Gasteiger partial charge on any atom is -0.393 e. The molecule has 4 aliphatic rings. The summed E-state index contributed by atoms with van der Waals surface area (Å²) in [4.78, 5) is 25.5. The summed E-state index contributed by atoms with van der Waals surface area (Å²) in [5.74, 6) is 1.85. The number of rotatable bonds is 9. The molecule has 2 amide bonds. The van der Waals surface area contributed by atoms with Gasteiger partial charge in [-0.3, -0.25) is 9.59 Å². The molecule has 11 atom stereocenters. The predicted octanol–water partition coefficient (Wildman–Crippen LogP) is 6.44. The van der Waals surface area contributed by atoms with Gasteiger partial charge in [-0.2, -0.15) is 0 Å². The van der Waals surface area contributed by atoms with Crippen molar-refractivity contribution in [1.82, 2.24) is 5.32 Å². The van der Waals surface area contributed by atoms with Crippen LogP contribution in [0.2, 0.25) is 0 Å². The van der Waals surface area contributed by atoms with Crippen LogP contribution in [0.25, 0.3) is 10.8 Å². The molecule has 0 aliphatic heterocycles. The number of halogens is 1. The van der Waals surface area contributed by atoms with E-state index >= 15 is 0 Å². The smallest absolute Gasteiger partial charge is 0.224 e. The second-order valence-electron chi connectivity index (χ2n) is 15.6. The fourth-order valence-corrected chi connectivity index (χ4v) is 11.0. The van der Waals surface area contributed by atoms with E-state index in [1.165, 1.54) is 0 Å². The van der Waals surface area contributed by atoms with Crippen molar-refractivity contribution in [3.8, 4) is 0 Å². The average Bonchev–Trinajstić information content (AvgIpc) is 3.38. The van der Waals surface area contributed by atoms with Gasteiger partial charge in [0.1, 0.15) is 0 Å². The first-order chi connectivity index (χ1) is 21.6. The van der Waals surface area contributed by atoms with Gasteiger partial charge < -0.3 is 26.6 Å². The number of hydrogen-bond acceptors (Lipinski definition) is 5. The minimum absolute atomic E-state index is 0. The van der Waals surface area contributed by atoms with Gasteiger partial charge in [-0.15, -0.1) is 12.4 Å². The zero-order valence-electron chi connectivity index (χ0n) is 27.9. The Bertz CT molecular complexity index is 1380. The molecule has 0 unspecified atom stereocenters. The summed E-state index contributed by atoms with van der Waals surface area (Å²) in [5.41, 5.74) is 6.26. The predicted molar refractivity (Wildman–Crippen MR) is 186 cm³/mol. The SMILES string of the molecule is C[C@H](CCC(=O)Nc1cccc2ccccc12)[C@H]1CC[C@H]2[C@@H]3[C@H](O)C[C@@H]4C[C@H](NC(=O)CCCN)CC[C@]4(C)[C@H]3C[C@H](O)[C@]12C.Cl. The lowest BCUT2D eigenvalue weighted by Gasteiger charge is -2.63. The van der Waals surface area contributed by atoms with Gasteiger partial charge in [0.2, 0.25) is 11.8 Å². The molecule has 4 aliphatic carbocycles. The number of aliphatic hydroxyl groups is 2. The number of benzene rings is 2. The Morgan fingerprint density at radius 2 is 1.72 bits per heavy atom. The lowest BCUT2D eigenvalue weighted by molar-refractivity contribution is -0.202. The number of fused-ring (bicyclic) bond motifs is 6. The highest BCUT2D eigenvalue weighted by Crippen LogP contribution is 2.68. The Hall–Kier alpha value is -2.19. The maximum atomic E-state index is 13.1. The first-order valence-electron chi connectivity index (χ1n) is 17.7. The Morgan fingerprint density at radius 3 is 2.50 bits per heavy atom. The monoisotopic (exact) mass is 653 g/mol. The van der Waals surface area contributed by atoms with Crippen molar-refractivity contribution in [3.63, 3.8) is 0 Å². The van der Waals surface area contributed by atoms with E-state index < -0.39 is 6.10 Å². The molecule has 0 radical (unpaired) electrons. The molecule has 4 fully saturated rings. The molecule has 7 nitrogen and oxygen atoms in total. The van der Waals surface area contributed by atoms with Crippen molar-refractivity contribution < 1.29 is 19.8 Å². The van der Waals surface area contributed by atoms with Gasteiger partial charge in [-0.25, -0.2) is 0 Å². The normalized spacial score (nSPS) is 37.3. The van der Waals surface area contributed by atoms with Crippen LogP contribution in [-0.4, -0.2) is 46.8 Å². The standard InChI is InChI=1S/C38H55N3O4.ClH/c1-23(13-16-35(45)41-31-11-6-9-24-8-4-5-10-27(24)31)28-14-15-29-36-30(22-33(43)38(28,29)3)37(2)18-17-26(20-25(37)21-32(36)42)40-34(44)12-7-19-39;/h4-6,8-11,23,25-26,28-30,32-33,36,42-43H,7,12-22,39H2,1-3H3,(H,40,44)(H,41,45);1H/t23-,25+,26-,28-,29+,30+,32-,33+,36+,37+,38-;/m1./s1. The minimum atomic E-state index is -0.417. The van der Waals surface area contributed by atoms with Crippen LogP contribution in [-0.2, 0) is 9.59 Å². The van der Waals surface area contributed by atoms with Gasteiger partial charge in [-0.1, -0.05) is 57.2 Å². The summed E-state index contributed by atoms with van der Waals surface area (Å²) < 4.78 is 0. The zero-order valence-corrected chi connectivity index (χ0v) is 28.7. The van der Waals surface area contributed by atoms with Gasteiger partial charge in [0, 0.05) is 30.0 Å². The van der Waals surface area contributed by atoms with E-state index in [4.69, 9.17) is 5.73 Å². The third-order valence-electron chi connectivity index (χ3n) is 13.4. The van der Waals surface area contributed by atoms with E-state index in [9.17, 15) is 19.8 Å². The molecule has 2 aromatic rings. The van der Waals surface area contributed by atoms with Crippen molar-refractivity contribution in [1.29, 1.82) is 0 Å². The number of hydrogen-bond donors (Lipinski definition) is 5. The summed E-state index contributed by atoms with van der Waals surface area (Å²) in [6, 6.07) is 14.3. The number of aliphatic hydroxyl groups excluding tert-OH is 2. The van der Waals surface area contributed by atoms with Gasteiger partial charge in [-0.05, 0) is 122 Å². The molecular weight excluding hydrogens is 598 g/mol. The zero-order chi connectivity index (χ0) is 31.9. The van der Waals surface area contributed by atoms with Crippen molar-refractivity contribution in [2.75, 3.05) is 11.9 Å². The molecular formula is C38H56ClN3O4. The number of carbonyl (C=O) groups is 2. The topological polar surface area (TPSA) is 125 Å². The van der Waals surface area contributed by atoms with Crippen molar-refractivity contribution in [2.45, 2.75) is 110 Å². The molecule has 0 saturated heterocycles. The molecule has 46 heavy (non-hydrogen) atoms. The van der Waals surface area contributed by atoms with Gasteiger partial charge in [0.15, 0.2) is 0 Å². The summed E-state index contributed by atoms with van der Waals surface area (Å²) in [6.45, 7) is 7.49. The third kappa shape index (κ3) is 6.34. The summed E-state index contributed by atoms with van der Waals surface area (Å²) in [6.07, 6.45) is 8.10.